The molecule has 0 radical (unpaired) electrons. The Labute approximate surface area is 155 Å². The number of anilines is 1. The van der Waals surface area contributed by atoms with Gasteiger partial charge in [-0.2, -0.15) is 0 Å². The minimum absolute atomic E-state index is 0.831. The standard InChI is InChI=1S/C22H26N4/c1-2-4-18(5-3-1)16-19-9-13-26(14-10-19)15-12-24-22-7-6-20-17-23-11-8-21(20)25-22/h1-8,11,17,19H,9-10,12-16H2,(H,24,25). The van der Waals surface area contributed by atoms with Gasteiger partial charge < -0.3 is 10.2 Å². The van der Waals surface area contributed by atoms with Crippen molar-refractivity contribution in [2.45, 2.75) is 19.3 Å². The van der Waals surface area contributed by atoms with Gasteiger partial charge in [0, 0.05) is 30.9 Å². The van der Waals surface area contributed by atoms with Gasteiger partial charge in [0.2, 0.25) is 0 Å². The molecule has 4 rings (SSSR count). The van der Waals surface area contributed by atoms with Gasteiger partial charge in [-0.15, -0.1) is 0 Å². The maximum absolute atomic E-state index is 4.65. The maximum Gasteiger partial charge on any atom is 0.126 e. The van der Waals surface area contributed by atoms with Crippen LogP contribution in [0.15, 0.2) is 60.9 Å². The molecule has 3 heterocycles. The Balaban J connectivity index is 1.21. The van der Waals surface area contributed by atoms with Crippen LogP contribution in [-0.4, -0.2) is 41.0 Å². The lowest BCUT2D eigenvalue weighted by molar-refractivity contribution is 0.190. The van der Waals surface area contributed by atoms with E-state index in [-0.39, 0.29) is 0 Å². The number of nitrogens with one attached hydrogen (secondary N) is 1. The van der Waals surface area contributed by atoms with E-state index in [9.17, 15) is 0 Å². The minimum atomic E-state index is 0.831. The summed E-state index contributed by atoms with van der Waals surface area (Å²) >= 11 is 0. The fourth-order valence-electron chi connectivity index (χ4n) is 3.77. The van der Waals surface area contributed by atoms with Crippen LogP contribution in [0.4, 0.5) is 5.82 Å². The number of hydrogen-bond donors (Lipinski definition) is 1. The van der Waals surface area contributed by atoms with Crippen molar-refractivity contribution in [3.63, 3.8) is 0 Å². The fraction of sp³-hybridized carbons (Fsp3) is 0.364. The zero-order valence-electron chi connectivity index (χ0n) is 15.1. The molecule has 0 amide bonds. The molecule has 0 aliphatic carbocycles. The molecule has 1 fully saturated rings. The number of hydrogen-bond acceptors (Lipinski definition) is 4. The number of pyridine rings is 2. The van der Waals surface area contributed by atoms with Crippen molar-refractivity contribution in [1.82, 2.24) is 14.9 Å². The molecule has 0 bridgehead atoms. The van der Waals surface area contributed by atoms with Gasteiger partial charge in [-0.1, -0.05) is 30.3 Å². The van der Waals surface area contributed by atoms with Crippen molar-refractivity contribution in [2.75, 3.05) is 31.5 Å². The molecule has 1 saturated heterocycles. The van der Waals surface area contributed by atoms with Crippen LogP contribution in [0.25, 0.3) is 10.9 Å². The molecular formula is C22H26N4. The summed E-state index contributed by atoms with van der Waals surface area (Å²) in [5, 5.41) is 4.54. The molecule has 0 unspecified atom stereocenters. The van der Waals surface area contributed by atoms with Crippen LogP contribution in [0.2, 0.25) is 0 Å². The predicted molar refractivity (Wildman–Crippen MR) is 107 cm³/mol. The predicted octanol–water partition coefficient (Wildman–Crippen LogP) is 4.00. The number of benzene rings is 1. The molecule has 1 aliphatic heterocycles. The second-order valence-corrected chi connectivity index (χ2v) is 7.17. The highest BCUT2D eigenvalue weighted by atomic mass is 15.1. The Bertz CT molecular complexity index is 826. The summed E-state index contributed by atoms with van der Waals surface area (Å²) in [5.41, 5.74) is 2.47. The van der Waals surface area contributed by atoms with E-state index in [1.165, 1.54) is 37.9 Å². The van der Waals surface area contributed by atoms with Crippen LogP contribution in [0.3, 0.4) is 0 Å². The van der Waals surface area contributed by atoms with Crippen molar-refractivity contribution in [3.05, 3.63) is 66.5 Å². The van der Waals surface area contributed by atoms with Gasteiger partial charge in [-0.05, 0) is 62.0 Å². The van der Waals surface area contributed by atoms with E-state index in [2.05, 4.69) is 56.6 Å². The molecule has 0 saturated carbocycles. The van der Waals surface area contributed by atoms with Crippen molar-refractivity contribution in [1.29, 1.82) is 0 Å². The summed E-state index contributed by atoms with van der Waals surface area (Å²) in [6.45, 7) is 4.42. The van der Waals surface area contributed by atoms with Crippen LogP contribution in [0.1, 0.15) is 18.4 Å². The number of fused-ring (bicyclic) bond motifs is 1. The molecule has 0 spiro atoms. The minimum Gasteiger partial charge on any atom is -0.369 e. The number of aromatic nitrogens is 2. The van der Waals surface area contributed by atoms with Crippen molar-refractivity contribution in [3.8, 4) is 0 Å². The highest BCUT2D eigenvalue weighted by molar-refractivity contribution is 5.78. The fourth-order valence-corrected chi connectivity index (χ4v) is 3.77. The molecule has 4 nitrogen and oxygen atoms in total. The lowest BCUT2D eigenvalue weighted by Crippen LogP contribution is -2.37. The first-order valence-corrected chi connectivity index (χ1v) is 9.58. The highest BCUT2D eigenvalue weighted by Gasteiger charge is 2.19. The third kappa shape index (κ3) is 4.38. The Morgan fingerprint density at radius 2 is 1.85 bits per heavy atom. The van der Waals surface area contributed by atoms with Gasteiger partial charge in [0.1, 0.15) is 5.82 Å². The normalized spacial score (nSPS) is 16.0. The van der Waals surface area contributed by atoms with E-state index in [1.54, 1.807) is 6.20 Å². The largest absolute Gasteiger partial charge is 0.369 e. The van der Waals surface area contributed by atoms with Crippen LogP contribution in [-0.2, 0) is 6.42 Å². The van der Waals surface area contributed by atoms with Crippen LogP contribution in [0.5, 0.6) is 0 Å². The first-order valence-electron chi connectivity index (χ1n) is 9.58. The lowest BCUT2D eigenvalue weighted by Gasteiger charge is -2.32. The molecule has 1 N–H and O–H groups in total. The average Bonchev–Trinajstić information content (AvgIpc) is 2.70. The molecule has 1 aliphatic rings. The summed E-state index contributed by atoms with van der Waals surface area (Å²) < 4.78 is 0. The Morgan fingerprint density at radius 1 is 1.00 bits per heavy atom. The monoisotopic (exact) mass is 346 g/mol. The Hall–Kier alpha value is -2.46. The summed E-state index contributed by atoms with van der Waals surface area (Å²) in [7, 11) is 0. The summed E-state index contributed by atoms with van der Waals surface area (Å²) in [4.78, 5) is 11.3. The van der Waals surface area contributed by atoms with Gasteiger partial charge in [0.25, 0.3) is 0 Å². The maximum atomic E-state index is 4.65. The van der Waals surface area contributed by atoms with E-state index in [1.807, 2.05) is 18.3 Å². The molecule has 3 aromatic rings. The van der Waals surface area contributed by atoms with Gasteiger partial charge in [0.15, 0.2) is 0 Å². The number of piperidine rings is 1. The SMILES string of the molecule is c1ccc(CC2CCN(CCNc3ccc4cnccc4n3)CC2)cc1. The zero-order chi connectivity index (χ0) is 17.6. The lowest BCUT2D eigenvalue weighted by atomic mass is 9.90. The van der Waals surface area contributed by atoms with E-state index in [0.29, 0.717) is 0 Å². The van der Waals surface area contributed by atoms with Crippen LogP contribution in [0, 0.1) is 5.92 Å². The molecule has 0 atom stereocenters. The highest BCUT2D eigenvalue weighted by Crippen LogP contribution is 2.21. The number of nitrogens with zero attached hydrogens (tertiary/aromatic N) is 3. The van der Waals surface area contributed by atoms with Crippen molar-refractivity contribution in [2.24, 2.45) is 5.92 Å². The van der Waals surface area contributed by atoms with Crippen LogP contribution >= 0.6 is 0 Å². The van der Waals surface area contributed by atoms with Crippen molar-refractivity contribution < 1.29 is 0 Å². The van der Waals surface area contributed by atoms with Gasteiger partial charge in [0.05, 0.1) is 5.52 Å². The summed E-state index contributed by atoms with van der Waals surface area (Å²) in [5.74, 6) is 1.78. The molecular weight excluding hydrogens is 320 g/mol. The van der Waals surface area contributed by atoms with E-state index >= 15 is 0 Å². The van der Waals surface area contributed by atoms with Gasteiger partial charge in [-0.3, -0.25) is 4.98 Å². The Kier molecular flexibility index (Phi) is 5.41. The third-order valence-electron chi connectivity index (χ3n) is 5.30. The van der Waals surface area contributed by atoms with E-state index < -0.39 is 0 Å². The van der Waals surface area contributed by atoms with E-state index in [4.69, 9.17) is 0 Å². The molecule has 2 aromatic heterocycles. The second kappa shape index (κ2) is 8.28. The smallest absolute Gasteiger partial charge is 0.126 e. The summed E-state index contributed by atoms with van der Waals surface area (Å²) in [6.07, 6.45) is 7.47. The molecule has 1 aromatic carbocycles. The number of rotatable bonds is 6. The molecule has 134 valence electrons. The van der Waals surface area contributed by atoms with Gasteiger partial charge >= 0.3 is 0 Å². The zero-order valence-corrected chi connectivity index (χ0v) is 15.1. The first kappa shape index (κ1) is 17.0. The number of likely N-dealkylation sites (tertiary alicyclic amines) is 1. The van der Waals surface area contributed by atoms with Crippen LogP contribution < -0.4 is 5.32 Å². The first-order chi connectivity index (χ1) is 12.9. The topological polar surface area (TPSA) is 41.0 Å². The molecule has 26 heavy (non-hydrogen) atoms. The van der Waals surface area contributed by atoms with Crippen molar-refractivity contribution >= 4 is 16.7 Å². The third-order valence-corrected chi connectivity index (χ3v) is 5.30. The Morgan fingerprint density at radius 3 is 2.69 bits per heavy atom. The quantitative estimate of drug-likeness (QED) is 0.732. The molecule has 4 heteroatoms. The van der Waals surface area contributed by atoms with Gasteiger partial charge in [-0.25, -0.2) is 4.98 Å². The van der Waals surface area contributed by atoms with E-state index in [0.717, 1.165) is 35.7 Å². The summed E-state index contributed by atoms with van der Waals surface area (Å²) in [6, 6.07) is 17.0. The average molecular weight is 346 g/mol. The second-order valence-electron chi connectivity index (χ2n) is 7.17.